The molecule has 2 aromatic rings. The summed E-state index contributed by atoms with van der Waals surface area (Å²) >= 11 is 0. The van der Waals surface area contributed by atoms with Crippen molar-refractivity contribution in [3.05, 3.63) is 29.3 Å². The Balaban J connectivity index is 1.98. The van der Waals surface area contributed by atoms with E-state index in [1.165, 1.54) is 25.7 Å². The van der Waals surface area contributed by atoms with Crippen molar-refractivity contribution in [1.82, 2.24) is 9.78 Å². The average Bonchev–Trinajstić information content (AvgIpc) is 2.91. The van der Waals surface area contributed by atoms with Crippen LogP contribution in [0.25, 0.3) is 11.3 Å². The van der Waals surface area contributed by atoms with E-state index in [0.717, 1.165) is 41.9 Å². The first kappa shape index (κ1) is 14.1. The van der Waals surface area contributed by atoms with E-state index in [1.807, 2.05) is 30.8 Å². The van der Waals surface area contributed by atoms with Crippen molar-refractivity contribution in [3.8, 4) is 11.3 Å². The number of hydrogen-bond donors (Lipinski definition) is 0. The Morgan fingerprint density at radius 3 is 2.52 bits per heavy atom. The Hall–Kier alpha value is -1.84. The Morgan fingerprint density at radius 2 is 1.95 bits per heavy atom. The minimum atomic E-state index is 0.424. The van der Waals surface area contributed by atoms with Crippen LogP contribution in [0.5, 0.6) is 0 Å². The molecule has 0 spiro atoms. The minimum Gasteiger partial charge on any atom is -0.466 e. The van der Waals surface area contributed by atoms with Crippen molar-refractivity contribution in [1.29, 1.82) is 0 Å². The van der Waals surface area contributed by atoms with Gasteiger partial charge < -0.3 is 4.42 Å². The van der Waals surface area contributed by atoms with Crippen LogP contribution >= 0.6 is 0 Å². The number of furan rings is 1. The first-order chi connectivity index (χ1) is 10.2. The molecule has 0 aromatic carbocycles. The van der Waals surface area contributed by atoms with Crippen LogP contribution < -0.4 is 0 Å². The van der Waals surface area contributed by atoms with Gasteiger partial charge in [-0.3, -0.25) is 9.48 Å². The van der Waals surface area contributed by atoms with Crippen LogP contribution in [0, 0.1) is 13.8 Å². The van der Waals surface area contributed by atoms with Crippen LogP contribution in [0.1, 0.15) is 66.4 Å². The zero-order valence-electron chi connectivity index (χ0n) is 12.8. The molecule has 3 rings (SSSR count). The van der Waals surface area contributed by atoms with E-state index in [0.29, 0.717) is 11.6 Å². The monoisotopic (exact) mass is 286 g/mol. The first-order valence-electron chi connectivity index (χ1n) is 7.81. The van der Waals surface area contributed by atoms with Gasteiger partial charge in [0.15, 0.2) is 6.29 Å². The average molecular weight is 286 g/mol. The van der Waals surface area contributed by atoms with Gasteiger partial charge in [-0.15, -0.1) is 0 Å². The maximum Gasteiger partial charge on any atom is 0.153 e. The van der Waals surface area contributed by atoms with Gasteiger partial charge in [0, 0.05) is 11.8 Å². The van der Waals surface area contributed by atoms with Crippen molar-refractivity contribution < 1.29 is 9.21 Å². The van der Waals surface area contributed by atoms with Gasteiger partial charge >= 0.3 is 0 Å². The van der Waals surface area contributed by atoms with Gasteiger partial charge in [0.05, 0.1) is 11.6 Å². The fraction of sp³-hybridized carbons (Fsp3) is 0.529. The Labute approximate surface area is 125 Å². The summed E-state index contributed by atoms with van der Waals surface area (Å²) in [6.07, 6.45) is 10.2. The summed E-state index contributed by atoms with van der Waals surface area (Å²) in [6.45, 7) is 3.83. The number of aromatic nitrogens is 2. The van der Waals surface area contributed by atoms with Crippen molar-refractivity contribution in [2.24, 2.45) is 0 Å². The topological polar surface area (TPSA) is 48.0 Å². The molecule has 21 heavy (non-hydrogen) atoms. The van der Waals surface area contributed by atoms with Crippen LogP contribution in [-0.4, -0.2) is 16.1 Å². The van der Waals surface area contributed by atoms with Crippen LogP contribution in [-0.2, 0) is 0 Å². The Kier molecular flexibility index (Phi) is 3.95. The third kappa shape index (κ3) is 2.80. The highest BCUT2D eigenvalue weighted by molar-refractivity contribution is 5.86. The third-order valence-electron chi connectivity index (χ3n) is 4.38. The van der Waals surface area contributed by atoms with Gasteiger partial charge in [-0.1, -0.05) is 25.7 Å². The molecule has 0 N–H and O–H groups in total. The fourth-order valence-electron chi connectivity index (χ4n) is 3.28. The summed E-state index contributed by atoms with van der Waals surface area (Å²) < 4.78 is 7.58. The number of nitrogens with zero attached hydrogens (tertiary/aromatic N) is 2. The van der Waals surface area contributed by atoms with E-state index in [9.17, 15) is 4.79 Å². The maximum atomic E-state index is 11.4. The number of rotatable bonds is 3. The molecule has 112 valence electrons. The minimum absolute atomic E-state index is 0.424. The van der Waals surface area contributed by atoms with Gasteiger partial charge in [-0.25, -0.2) is 0 Å². The molecule has 1 aliphatic rings. The predicted molar refractivity (Wildman–Crippen MR) is 81.5 cm³/mol. The molecule has 4 heteroatoms. The van der Waals surface area contributed by atoms with Crippen LogP contribution in [0.4, 0.5) is 0 Å². The SMILES string of the molecule is Cc1cc(-c2nn(C3CCCCCC3)cc2C=O)c(C)o1. The zero-order valence-corrected chi connectivity index (χ0v) is 12.8. The lowest BCUT2D eigenvalue weighted by Gasteiger charge is -2.14. The second kappa shape index (κ2) is 5.88. The maximum absolute atomic E-state index is 11.4. The second-order valence-corrected chi connectivity index (χ2v) is 6.00. The molecular formula is C17H22N2O2. The van der Waals surface area contributed by atoms with E-state index in [2.05, 4.69) is 0 Å². The van der Waals surface area contributed by atoms with Crippen molar-refractivity contribution in [2.45, 2.75) is 58.4 Å². The zero-order chi connectivity index (χ0) is 14.8. The van der Waals surface area contributed by atoms with Gasteiger partial charge in [0.25, 0.3) is 0 Å². The Bertz CT molecular complexity index is 631. The summed E-state index contributed by atoms with van der Waals surface area (Å²) in [4.78, 5) is 11.4. The van der Waals surface area contributed by atoms with Gasteiger partial charge in [-0.2, -0.15) is 5.10 Å². The first-order valence-corrected chi connectivity index (χ1v) is 7.81. The molecule has 0 aliphatic heterocycles. The van der Waals surface area contributed by atoms with Crippen LogP contribution in [0.2, 0.25) is 0 Å². The quantitative estimate of drug-likeness (QED) is 0.618. The molecule has 0 unspecified atom stereocenters. The number of hydrogen-bond acceptors (Lipinski definition) is 3. The van der Waals surface area contributed by atoms with Gasteiger partial charge in [0.2, 0.25) is 0 Å². The predicted octanol–water partition coefficient (Wildman–Crippen LogP) is 4.47. The van der Waals surface area contributed by atoms with E-state index in [4.69, 9.17) is 9.52 Å². The summed E-state index contributed by atoms with van der Waals surface area (Å²) in [6, 6.07) is 2.38. The molecule has 2 heterocycles. The number of carbonyl (C=O) groups is 1. The highest BCUT2D eigenvalue weighted by atomic mass is 16.3. The highest BCUT2D eigenvalue weighted by Crippen LogP contribution is 2.31. The molecule has 2 aromatic heterocycles. The van der Waals surface area contributed by atoms with E-state index < -0.39 is 0 Å². The summed E-state index contributed by atoms with van der Waals surface area (Å²) in [5, 5.41) is 4.72. The largest absolute Gasteiger partial charge is 0.466 e. The molecule has 1 aliphatic carbocycles. The lowest BCUT2D eigenvalue weighted by Crippen LogP contribution is -2.08. The van der Waals surface area contributed by atoms with Crippen molar-refractivity contribution in [3.63, 3.8) is 0 Å². The fourth-order valence-corrected chi connectivity index (χ4v) is 3.28. The Morgan fingerprint density at radius 1 is 1.24 bits per heavy atom. The smallest absolute Gasteiger partial charge is 0.153 e. The molecule has 1 saturated carbocycles. The third-order valence-corrected chi connectivity index (χ3v) is 4.38. The molecule has 0 amide bonds. The van der Waals surface area contributed by atoms with Crippen molar-refractivity contribution >= 4 is 6.29 Å². The number of carbonyl (C=O) groups excluding carboxylic acids is 1. The molecule has 0 atom stereocenters. The van der Waals surface area contributed by atoms with Crippen molar-refractivity contribution in [2.75, 3.05) is 0 Å². The molecule has 4 nitrogen and oxygen atoms in total. The van der Waals surface area contributed by atoms with E-state index in [1.54, 1.807) is 0 Å². The summed E-state index contributed by atoms with van der Waals surface area (Å²) in [7, 11) is 0. The number of aryl methyl sites for hydroxylation is 2. The molecule has 0 radical (unpaired) electrons. The van der Waals surface area contributed by atoms with Crippen LogP contribution in [0.15, 0.2) is 16.7 Å². The summed E-state index contributed by atoms with van der Waals surface area (Å²) in [5.74, 6) is 1.67. The number of aldehydes is 1. The van der Waals surface area contributed by atoms with Gasteiger partial charge in [-0.05, 0) is 32.8 Å². The highest BCUT2D eigenvalue weighted by Gasteiger charge is 2.20. The summed E-state index contributed by atoms with van der Waals surface area (Å²) in [5.41, 5.74) is 2.34. The standard InChI is InChI=1S/C17H22N2O2/c1-12-9-16(13(2)21-12)17-14(11-20)10-19(18-17)15-7-5-3-4-6-8-15/h9-11,15H,3-8H2,1-2H3. The lowest BCUT2D eigenvalue weighted by atomic mass is 10.1. The second-order valence-electron chi connectivity index (χ2n) is 6.00. The van der Waals surface area contributed by atoms with E-state index in [-0.39, 0.29) is 0 Å². The molecule has 0 bridgehead atoms. The van der Waals surface area contributed by atoms with Gasteiger partial charge in [0.1, 0.15) is 17.2 Å². The molecular weight excluding hydrogens is 264 g/mol. The lowest BCUT2D eigenvalue weighted by molar-refractivity contribution is 0.112. The molecule has 0 saturated heterocycles. The normalized spacial score (nSPS) is 16.9. The van der Waals surface area contributed by atoms with Crippen LogP contribution in [0.3, 0.4) is 0 Å². The van der Waals surface area contributed by atoms with E-state index >= 15 is 0 Å². The molecule has 1 fully saturated rings.